The van der Waals surface area contributed by atoms with Crippen molar-refractivity contribution in [2.45, 2.75) is 11.8 Å². The number of halogens is 2. The van der Waals surface area contributed by atoms with Crippen LogP contribution in [0.5, 0.6) is 0 Å². The molecule has 0 N–H and O–H groups in total. The average Bonchev–Trinajstić information content (AvgIpc) is 2.34. The quantitative estimate of drug-likeness (QED) is 0.675. The van der Waals surface area contributed by atoms with Crippen LogP contribution in [-0.4, -0.2) is 6.26 Å². The van der Waals surface area contributed by atoms with Gasteiger partial charge in [-0.25, -0.2) is 4.39 Å². The van der Waals surface area contributed by atoms with Crippen LogP contribution >= 0.6 is 23.4 Å². The Bertz CT molecular complexity index is 535. The zero-order valence-corrected chi connectivity index (χ0v) is 11.2. The maximum Gasteiger partial charge on any atom is 0.149 e. The maximum absolute atomic E-state index is 14.0. The van der Waals surface area contributed by atoms with Crippen molar-refractivity contribution >= 4 is 23.4 Å². The molecule has 0 atom stereocenters. The topological polar surface area (TPSA) is 0 Å². The van der Waals surface area contributed by atoms with Gasteiger partial charge in [0, 0.05) is 10.5 Å². The average molecular weight is 267 g/mol. The van der Waals surface area contributed by atoms with Crippen LogP contribution in [0.3, 0.4) is 0 Å². The first-order chi connectivity index (χ1) is 8.11. The molecule has 0 nitrogen and oxygen atoms in total. The predicted octanol–water partition coefficient (Wildman–Crippen LogP) is 5.18. The molecule has 88 valence electrons. The molecule has 0 aromatic heterocycles. The predicted molar refractivity (Wildman–Crippen MR) is 73.4 cm³/mol. The molecular weight excluding hydrogens is 255 g/mol. The van der Waals surface area contributed by atoms with E-state index in [-0.39, 0.29) is 10.8 Å². The van der Waals surface area contributed by atoms with Gasteiger partial charge >= 0.3 is 0 Å². The Kier molecular flexibility index (Phi) is 3.75. The smallest absolute Gasteiger partial charge is 0.149 e. The van der Waals surface area contributed by atoms with Crippen molar-refractivity contribution in [3.8, 4) is 11.1 Å². The fraction of sp³-hybridized carbons (Fsp3) is 0.143. The van der Waals surface area contributed by atoms with E-state index in [9.17, 15) is 4.39 Å². The summed E-state index contributed by atoms with van der Waals surface area (Å²) in [5, 5.41) is 0.174. The van der Waals surface area contributed by atoms with Gasteiger partial charge in [-0.15, -0.1) is 11.8 Å². The Morgan fingerprint density at radius 3 is 2.35 bits per heavy atom. The van der Waals surface area contributed by atoms with Crippen LogP contribution in [0, 0.1) is 12.7 Å². The van der Waals surface area contributed by atoms with Crippen LogP contribution in [0.4, 0.5) is 4.39 Å². The van der Waals surface area contributed by atoms with Gasteiger partial charge in [-0.1, -0.05) is 41.4 Å². The highest BCUT2D eigenvalue weighted by Crippen LogP contribution is 2.32. The van der Waals surface area contributed by atoms with Crippen LogP contribution in [0.2, 0.25) is 5.02 Å². The van der Waals surface area contributed by atoms with Gasteiger partial charge in [-0.2, -0.15) is 0 Å². The third-order valence-corrected chi connectivity index (χ3v) is 3.58. The van der Waals surface area contributed by atoms with Crippen molar-refractivity contribution in [2.24, 2.45) is 0 Å². The largest absolute Gasteiger partial charge is 0.205 e. The zero-order valence-electron chi connectivity index (χ0n) is 9.63. The summed E-state index contributed by atoms with van der Waals surface area (Å²) >= 11 is 7.44. The molecule has 17 heavy (non-hydrogen) atoms. The molecule has 0 radical (unpaired) electrons. The molecule has 0 aliphatic rings. The van der Waals surface area contributed by atoms with Crippen molar-refractivity contribution in [3.05, 3.63) is 52.8 Å². The Morgan fingerprint density at radius 1 is 1.12 bits per heavy atom. The van der Waals surface area contributed by atoms with E-state index in [1.54, 1.807) is 17.8 Å². The Morgan fingerprint density at radius 2 is 1.76 bits per heavy atom. The van der Waals surface area contributed by atoms with Crippen LogP contribution in [0.1, 0.15) is 5.56 Å². The van der Waals surface area contributed by atoms with Gasteiger partial charge in [0.2, 0.25) is 0 Å². The number of aryl methyl sites for hydroxylation is 1. The van der Waals surface area contributed by atoms with Crippen molar-refractivity contribution in [1.82, 2.24) is 0 Å². The highest BCUT2D eigenvalue weighted by Gasteiger charge is 2.10. The van der Waals surface area contributed by atoms with Crippen molar-refractivity contribution in [3.63, 3.8) is 0 Å². The third-order valence-electron chi connectivity index (χ3n) is 2.60. The molecule has 0 unspecified atom stereocenters. The molecule has 0 amide bonds. The third kappa shape index (κ3) is 2.64. The molecule has 0 spiro atoms. The lowest BCUT2D eigenvalue weighted by Gasteiger charge is -2.08. The van der Waals surface area contributed by atoms with E-state index in [2.05, 4.69) is 0 Å². The summed E-state index contributed by atoms with van der Waals surface area (Å²) in [6.07, 6.45) is 1.95. The van der Waals surface area contributed by atoms with E-state index < -0.39 is 0 Å². The molecule has 0 bridgehead atoms. The van der Waals surface area contributed by atoms with Crippen molar-refractivity contribution < 1.29 is 4.39 Å². The molecule has 0 saturated heterocycles. The summed E-state index contributed by atoms with van der Waals surface area (Å²) < 4.78 is 14.0. The molecule has 3 heteroatoms. The van der Waals surface area contributed by atoms with Crippen LogP contribution in [0.25, 0.3) is 11.1 Å². The van der Waals surface area contributed by atoms with Crippen LogP contribution < -0.4 is 0 Å². The number of hydrogen-bond donors (Lipinski definition) is 0. The maximum atomic E-state index is 14.0. The molecule has 2 aromatic rings. The van der Waals surface area contributed by atoms with Gasteiger partial charge in [0.05, 0.1) is 5.02 Å². The minimum atomic E-state index is -0.353. The van der Waals surface area contributed by atoms with Crippen LogP contribution in [0.15, 0.2) is 41.3 Å². The van der Waals surface area contributed by atoms with Crippen molar-refractivity contribution in [1.29, 1.82) is 0 Å². The molecule has 0 aliphatic heterocycles. The molecule has 2 rings (SSSR count). The van der Waals surface area contributed by atoms with Gasteiger partial charge in [0.25, 0.3) is 0 Å². The van der Waals surface area contributed by atoms with Crippen molar-refractivity contribution in [2.75, 3.05) is 6.26 Å². The summed E-state index contributed by atoms with van der Waals surface area (Å²) in [5.74, 6) is -0.353. The SMILES string of the molecule is CSc1cc(Cl)c(F)c(-c2ccc(C)cc2)c1. The number of thioether (sulfide) groups is 1. The Balaban J connectivity index is 2.57. The van der Waals surface area contributed by atoms with E-state index >= 15 is 0 Å². The lowest BCUT2D eigenvalue weighted by molar-refractivity contribution is 0.630. The summed E-state index contributed by atoms with van der Waals surface area (Å²) in [7, 11) is 0. The number of rotatable bonds is 2. The fourth-order valence-electron chi connectivity index (χ4n) is 1.63. The van der Waals surface area contributed by atoms with Crippen LogP contribution in [-0.2, 0) is 0 Å². The molecule has 0 aliphatic carbocycles. The molecule has 2 aromatic carbocycles. The summed E-state index contributed by atoms with van der Waals surface area (Å²) in [6.45, 7) is 2.01. The highest BCUT2D eigenvalue weighted by atomic mass is 35.5. The minimum Gasteiger partial charge on any atom is -0.205 e. The Labute approximate surface area is 110 Å². The second-order valence-corrected chi connectivity index (χ2v) is 5.12. The lowest BCUT2D eigenvalue weighted by atomic mass is 10.0. The second-order valence-electron chi connectivity index (χ2n) is 3.84. The first-order valence-corrected chi connectivity index (χ1v) is 6.82. The van der Waals surface area contributed by atoms with E-state index in [0.29, 0.717) is 5.56 Å². The highest BCUT2D eigenvalue weighted by molar-refractivity contribution is 7.98. The normalized spacial score (nSPS) is 10.6. The molecular formula is C14H12ClFS. The molecule has 0 fully saturated rings. The summed E-state index contributed by atoms with van der Waals surface area (Å²) in [4.78, 5) is 0.965. The summed E-state index contributed by atoms with van der Waals surface area (Å²) in [5.41, 5.74) is 2.56. The second kappa shape index (κ2) is 5.11. The van der Waals surface area contributed by atoms with E-state index in [4.69, 9.17) is 11.6 Å². The monoisotopic (exact) mass is 266 g/mol. The first kappa shape index (κ1) is 12.5. The minimum absolute atomic E-state index is 0.174. The Hall–Kier alpha value is -0.990. The fourth-order valence-corrected chi connectivity index (χ4v) is 2.38. The van der Waals surface area contributed by atoms with Gasteiger partial charge < -0.3 is 0 Å². The summed E-state index contributed by atoms with van der Waals surface area (Å²) in [6, 6.07) is 11.2. The number of benzene rings is 2. The zero-order chi connectivity index (χ0) is 12.4. The first-order valence-electron chi connectivity index (χ1n) is 5.22. The standard InChI is InChI=1S/C14H12ClFS/c1-9-3-5-10(6-4-9)12-7-11(17-2)8-13(15)14(12)16/h3-8H,1-2H3. The number of hydrogen-bond acceptors (Lipinski definition) is 1. The van der Waals surface area contributed by atoms with Gasteiger partial charge in [0.1, 0.15) is 5.82 Å². The molecule has 0 heterocycles. The van der Waals surface area contributed by atoms with Gasteiger partial charge in [0.15, 0.2) is 0 Å². The van der Waals surface area contributed by atoms with Gasteiger partial charge in [-0.05, 0) is 30.9 Å². The lowest BCUT2D eigenvalue weighted by Crippen LogP contribution is -1.87. The molecule has 0 saturated carbocycles. The van der Waals surface area contributed by atoms with E-state index in [1.165, 1.54) is 0 Å². The van der Waals surface area contributed by atoms with E-state index in [0.717, 1.165) is 16.0 Å². The van der Waals surface area contributed by atoms with E-state index in [1.807, 2.05) is 43.5 Å². The van der Waals surface area contributed by atoms with Gasteiger partial charge in [-0.3, -0.25) is 0 Å².